The van der Waals surface area contributed by atoms with E-state index in [4.69, 9.17) is 0 Å². The Hall–Kier alpha value is -4.29. The molecule has 14 heteroatoms. The third kappa shape index (κ3) is 5.44. The average Bonchev–Trinajstić information content (AvgIpc) is 3.07. The molecule has 0 unspecified atom stereocenters. The summed E-state index contributed by atoms with van der Waals surface area (Å²) in [5, 5.41) is -1.64. The average molecular weight is 722 g/mol. The Morgan fingerprint density at radius 2 is 0.688 bits per heavy atom. The fraction of sp³-hybridized carbons (Fsp3) is 0.0588. The molecular weight excluding hydrogens is 695 g/mol. The van der Waals surface area contributed by atoms with E-state index in [0.717, 1.165) is 42.0 Å². The number of hydrogen-bond donors (Lipinski definition) is 0. The molecule has 0 amide bonds. The van der Waals surface area contributed by atoms with Crippen molar-refractivity contribution in [2.24, 2.45) is 0 Å². The molecule has 5 aromatic carbocycles. The second kappa shape index (κ2) is 12.6. The van der Waals surface area contributed by atoms with Crippen LogP contribution in [0.2, 0.25) is 0 Å². The Labute approximate surface area is 273 Å². The number of halogens is 6. The first-order chi connectivity index (χ1) is 22.6. The van der Waals surface area contributed by atoms with Crippen molar-refractivity contribution in [2.45, 2.75) is 11.0 Å². The van der Waals surface area contributed by atoms with Crippen molar-refractivity contribution in [3.63, 3.8) is 0 Å². The Morgan fingerprint density at radius 3 is 1.00 bits per heavy atom. The van der Waals surface area contributed by atoms with Crippen LogP contribution in [-0.2, 0) is 20.0 Å². The summed E-state index contributed by atoms with van der Waals surface area (Å²) in [5.41, 5.74) is -11.8. The van der Waals surface area contributed by atoms with Crippen molar-refractivity contribution in [1.82, 2.24) is 3.48 Å². The summed E-state index contributed by atoms with van der Waals surface area (Å²) in [7, 11) is -14.7. The molecule has 0 heterocycles. The third-order valence-corrected chi connectivity index (χ3v) is 20.1. The molecule has 0 fully saturated rings. The monoisotopic (exact) mass is 721 g/mol. The number of benzene rings is 5. The molecule has 0 N–H and O–H groups in total. The second-order valence-corrected chi connectivity index (χ2v) is 19.4. The van der Waals surface area contributed by atoms with Crippen LogP contribution in [0.15, 0.2) is 146 Å². The van der Waals surface area contributed by atoms with E-state index in [2.05, 4.69) is 0 Å². The quantitative estimate of drug-likeness (QED) is 0.0942. The Morgan fingerprint density at radius 1 is 0.417 bits per heavy atom. The molecule has 0 saturated heterocycles. The van der Waals surface area contributed by atoms with Crippen molar-refractivity contribution in [3.8, 4) is 0 Å². The molecule has 0 atom stereocenters. The van der Waals surface area contributed by atoms with Gasteiger partial charge < -0.3 is 0 Å². The van der Waals surface area contributed by atoms with Gasteiger partial charge in [-0.2, -0.15) is 0 Å². The van der Waals surface area contributed by atoms with Crippen molar-refractivity contribution in [1.29, 1.82) is 0 Å². The zero-order chi connectivity index (χ0) is 34.9. The summed E-state index contributed by atoms with van der Waals surface area (Å²) in [4.78, 5) is 0. The molecular formula is C34H26F6NO4PS2. The van der Waals surface area contributed by atoms with Gasteiger partial charge in [0.2, 0.25) is 0 Å². The van der Waals surface area contributed by atoms with Crippen LogP contribution in [0.3, 0.4) is 0 Å². The standard InChI is InChI=1S/C34H26F6NO4PS2/c35-33(36,37)47(42,43)41(48(44,45)34(38,39)40)46(29-15-7-2-8-16-29,30-17-9-3-10-18-30,31-19-11-4-12-20-31)32-25-23-28(24-26-32)22-21-27-13-5-1-6-14-27/h1-26H. The van der Waals surface area contributed by atoms with Crippen molar-refractivity contribution in [2.75, 3.05) is 0 Å². The van der Waals surface area contributed by atoms with E-state index in [9.17, 15) is 43.2 Å². The molecule has 0 saturated carbocycles. The van der Waals surface area contributed by atoms with Gasteiger partial charge in [-0.3, -0.25) is 0 Å². The van der Waals surface area contributed by atoms with Gasteiger partial charge in [-0.1, -0.05) is 0 Å². The van der Waals surface area contributed by atoms with Gasteiger partial charge in [0, 0.05) is 0 Å². The van der Waals surface area contributed by atoms with E-state index < -0.39 is 62.5 Å². The maximum atomic E-state index is 14.8. The topological polar surface area (TPSA) is 71.5 Å². The maximum absolute atomic E-state index is 14.8. The number of sulfonamides is 2. The van der Waals surface area contributed by atoms with E-state index in [-0.39, 0.29) is 0 Å². The molecule has 0 bridgehead atoms. The summed E-state index contributed by atoms with van der Waals surface area (Å²) in [6.07, 6.45) is 3.35. The van der Waals surface area contributed by atoms with Gasteiger partial charge in [-0.05, 0) is 0 Å². The van der Waals surface area contributed by atoms with Crippen molar-refractivity contribution < 1.29 is 43.2 Å². The van der Waals surface area contributed by atoms with Crippen LogP contribution >= 0.6 is 6.75 Å². The molecule has 250 valence electrons. The third-order valence-electron chi connectivity index (χ3n) is 7.76. The van der Waals surface area contributed by atoms with Crippen LogP contribution in [0.4, 0.5) is 26.3 Å². The molecule has 0 aliphatic heterocycles. The van der Waals surface area contributed by atoms with Crippen molar-refractivity contribution >= 4 is 60.2 Å². The molecule has 5 rings (SSSR count). The molecule has 0 radical (unpaired) electrons. The second-order valence-electron chi connectivity index (χ2n) is 10.5. The summed E-state index contributed by atoms with van der Waals surface area (Å²) in [6.45, 7) is -6.45. The van der Waals surface area contributed by atoms with Gasteiger partial charge in [0.05, 0.1) is 0 Å². The van der Waals surface area contributed by atoms with Gasteiger partial charge in [0.1, 0.15) is 0 Å². The van der Waals surface area contributed by atoms with E-state index in [1.807, 2.05) is 6.07 Å². The van der Waals surface area contributed by atoms with E-state index >= 15 is 0 Å². The fourth-order valence-corrected chi connectivity index (χ4v) is 19.5. The van der Waals surface area contributed by atoms with Gasteiger partial charge >= 0.3 is 275 Å². The van der Waals surface area contributed by atoms with Crippen LogP contribution < -0.4 is 21.2 Å². The van der Waals surface area contributed by atoms with Crippen molar-refractivity contribution in [3.05, 3.63) is 157 Å². The number of nitrogens with zero attached hydrogens (tertiary/aromatic N) is 1. The molecule has 5 aromatic rings. The van der Waals surface area contributed by atoms with Gasteiger partial charge in [-0.25, -0.2) is 0 Å². The zero-order valence-corrected chi connectivity index (χ0v) is 27.2. The van der Waals surface area contributed by atoms with Gasteiger partial charge in [-0.15, -0.1) is 0 Å². The van der Waals surface area contributed by atoms with Crippen LogP contribution in [0.5, 0.6) is 0 Å². The van der Waals surface area contributed by atoms with Gasteiger partial charge in [0.25, 0.3) is 0 Å². The SMILES string of the molecule is O=S(=O)(N(S(=O)(=O)C(F)(F)F)P(c1ccccc1)(c1ccccc1)(c1ccccc1)c1ccc(C=Cc2ccccc2)cc1)C(F)(F)F. The summed E-state index contributed by atoms with van der Waals surface area (Å²) < 4.78 is 143. The molecule has 0 aliphatic carbocycles. The molecule has 0 spiro atoms. The molecule has 0 aliphatic rings. The molecule has 5 nitrogen and oxygen atoms in total. The fourth-order valence-electron chi connectivity index (χ4n) is 5.79. The zero-order valence-electron chi connectivity index (χ0n) is 24.6. The summed E-state index contributed by atoms with van der Waals surface area (Å²) in [6, 6.07) is 33.0. The van der Waals surface area contributed by atoms with Gasteiger partial charge in [0.15, 0.2) is 0 Å². The number of rotatable bonds is 9. The Kier molecular flexibility index (Phi) is 9.21. The Bertz CT molecular complexity index is 1990. The minimum atomic E-state index is -7.37. The predicted molar refractivity (Wildman–Crippen MR) is 178 cm³/mol. The first-order valence-electron chi connectivity index (χ1n) is 14.0. The number of alkyl halides is 6. The van der Waals surface area contributed by atoms with E-state index in [0.29, 0.717) is 5.56 Å². The summed E-state index contributed by atoms with van der Waals surface area (Å²) in [5.74, 6) is 0. The first-order valence-corrected chi connectivity index (χ1v) is 19.1. The summed E-state index contributed by atoms with van der Waals surface area (Å²) >= 11 is 0. The van der Waals surface area contributed by atoms with Crippen LogP contribution in [0, 0.1) is 0 Å². The molecule has 48 heavy (non-hydrogen) atoms. The molecule has 0 aromatic heterocycles. The van der Waals surface area contributed by atoms with Crippen LogP contribution in [0.25, 0.3) is 12.2 Å². The van der Waals surface area contributed by atoms with E-state index in [1.165, 1.54) is 78.9 Å². The van der Waals surface area contributed by atoms with Crippen LogP contribution in [-0.4, -0.2) is 31.3 Å². The number of hydrogen-bond acceptors (Lipinski definition) is 4. The van der Waals surface area contributed by atoms with Crippen LogP contribution in [0.1, 0.15) is 11.1 Å². The Balaban J connectivity index is 2.10. The minimum absolute atomic E-state index is 0.408. The van der Waals surface area contributed by atoms with E-state index in [1.54, 1.807) is 36.4 Å². The predicted octanol–water partition coefficient (Wildman–Crippen LogP) is 6.93. The normalized spacial score (nSPS) is 14.1. The first kappa shape index (κ1) is 35.0.